The number of amides is 1. The van der Waals surface area contributed by atoms with Gasteiger partial charge in [-0.05, 0) is 39.3 Å². The van der Waals surface area contributed by atoms with E-state index in [2.05, 4.69) is 32.9 Å². The van der Waals surface area contributed by atoms with Gasteiger partial charge < -0.3 is 20.7 Å². The molecule has 0 saturated carbocycles. The van der Waals surface area contributed by atoms with E-state index in [9.17, 15) is 4.79 Å². The van der Waals surface area contributed by atoms with Crippen LogP contribution in [0, 0.1) is 0 Å². The topological polar surface area (TPSA) is 87.6 Å². The summed E-state index contributed by atoms with van der Waals surface area (Å²) in [6.07, 6.45) is 5.31. The predicted octanol–water partition coefficient (Wildman–Crippen LogP) is 2.87. The molecule has 7 nitrogen and oxygen atoms in total. The standard InChI is InChI=1S/C20H35N5O2/c1-6-7-10-17(15-24-19(26)27-20(2,3)4)25-18(21-5)23-14-12-16-11-8-9-13-22-16/h8-9,11,13,17H,6-7,10,12,14-15H2,1-5H3,(H,24,26)(H2,21,23,25). The van der Waals surface area contributed by atoms with E-state index in [4.69, 9.17) is 4.74 Å². The van der Waals surface area contributed by atoms with Gasteiger partial charge in [-0.3, -0.25) is 9.98 Å². The lowest BCUT2D eigenvalue weighted by molar-refractivity contribution is 0.0523. The van der Waals surface area contributed by atoms with E-state index in [0.29, 0.717) is 6.54 Å². The average molecular weight is 378 g/mol. The molecule has 0 saturated heterocycles. The first-order chi connectivity index (χ1) is 12.8. The molecule has 1 atom stereocenters. The summed E-state index contributed by atoms with van der Waals surface area (Å²) >= 11 is 0. The van der Waals surface area contributed by atoms with Crippen molar-refractivity contribution in [1.29, 1.82) is 0 Å². The van der Waals surface area contributed by atoms with E-state index in [0.717, 1.165) is 43.9 Å². The normalized spacial score (nSPS) is 13.0. The second-order valence-corrected chi connectivity index (χ2v) is 7.44. The average Bonchev–Trinajstić information content (AvgIpc) is 2.62. The summed E-state index contributed by atoms with van der Waals surface area (Å²) in [6.45, 7) is 8.93. The number of carbonyl (C=O) groups is 1. The van der Waals surface area contributed by atoms with Gasteiger partial charge in [-0.2, -0.15) is 0 Å². The van der Waals surface area contributed by atoms with Gasteiger partial charge in [0, 0.05) is 44.5 Å². The molecule has 0 radical (unpaired) electrons. The highest BCUT2D eigenvalue weighted by Crippen LogP contribution is 2.07. The minimum absolute atomic E-state index is 0.0820. The fourth-order valence-corrected chi connectivity index (χ4v) is 2.44. The van der Waals surface area contributed by atoms with Crippen LogP contribution in [0.15, 0.2) is 29.4 Å². The fourth-order valence-electron chi connectivity index (χ4n) is 2.44. The van der Waals surface area contributed by atoms with Crippen LogP contribution in [0.1, 0.15) is 52.7 Å². The number of alkyl carbamates (subject to hydrolysis) is 1. The number of carbonyl (C=O) groups excluding carboxylic acids is 1. The lowest BCUT2D eigenvalue weighted by Gasteiger charge is -2.24. The van der Waals surface area contributed by atoms with Gasteiger partial charge in [-0.15, -0.1) is 0 Å². The quantitative estimate of drug-likeness (QED) is 0.455. The summed E-state index contributed by atoms with van der Waals surface area (Å²) in [5.74, 6) is 0.720. The maximum Gasteiger partial charge on any atom is 0.407 e. The molecule has 7 heteroatoms. The van der Waals surface area contributed by atoms with Crippen LogP contribution < -0.4 is 16.0 Å². The molecule has 1 unspecified atom stereocenters. The van der Waals surface area contributed by atoms with E-state index < -0.39 is 11.7 Å². The molecular formula is C20H35N5O2. The van der Waals surface area contributed by atoms with Crippen molar-refractivity contribution in [2.75, 3.05) is 20.1 Å². The molecule has 0 spiro atoms. The van der Waals surface area contributed by atoms with E-state index in [-0.39, 0.29) is 6.04 Å². The molecule has 1 aromatic rings. The van der Waals surface area contributed by atoms with Crippen LogP contribution in [0.3, 0.4) is 0 Å². The molecule has 27 heavy (non-hydrogen) atoms. The van der Waals surface area contributed by atoms with Gasteiger partial charge in [0.15, 0.2) is 5.96 Å². The number of pyridine rings is 1. The first-order valence-corrected chi connectivity index (χ1v) is 9.68. The summed E-state index contributed by atoms with van der Waals surface area (Å²) in [5.41, 5.74) is 0.536. The Morgan fingerprint density at radius 2 is 2.07 bits per heavy atom. The molecular weight excluding hydrogens is 342 g/mol. The number of rotatable bonds is 9. The number of ether oxygens (including phenoxy) is 1. The van der Waals surface area contributed by atoms with Gasteiger partial charge in [0.2, 0.25) is 0 Å². The molecule has 0 bridgehead atoms. The van der Waals surface area contributed by atoms with E-state index in [1.165, 1.54) is 0 Å². The van der Waals surface area contributed by atoms with Crippen LogP contribution in [0.4, 0.5) is 4.79 Å². The number of hydrogen-bond acceptors (Lipinski definition) is 4. The summed E-state index contributed by atoms with van der Waals surface area (Å²) in [6, 6.07) is 5.98. The lowest BCUT2D eigenvalue weighted by Crippen LogP contribution is -2.49. The molecule has 3 N–H and O–H groups in total. The molecule has 1 heterocycles. The van der Waals surface area contributed by atoms with Crippen molar-refractivity contribution in [3.05, 3.63) is 30.1 Å². The number of unbranched alkanes of at least 4 members (excludes halogenated alkanes) is 1. The largest absolute Gasteiger partial charge is 0.444 e. The Hall–Kier alpha value is -2.31. The first kappa shape index (κ1) is 22.7. The smallest absolute Gasteiger partial charge is 0.407 e. The van der Waals surface area contributed by atoms with Crippen molar-refractivity contribution in [2.24, 2.45) is 4.99 Å². The Balaban J connectivity index is 2.47. The molecule has 1 amide bonds. The molecule has 0 aromatic carbocycles. The first-order valence-electron chi connectivity index (χ1n) is 9.68. The molecule has 1 aromatic heterocycles. The molecule has 1 rings (SSSR count). The lowest BCUT2D eigenvalue weighted by atomic mass is 10.1. The van der Waals surface area contributed by atoms with Crippen molar-refractivity contribution in [1.82, 2.24) is 20.9 Å². The highest BCUT2D eigenvalue weighted by Gasteiger charge is 2.18. The Bertz CT molecular complexity index is 569. The molecule has 0 aliphatic carbocycles. The van der Waals surface area contributed by atoms with Gasteiger partial charge >= 0.3 is 6.09 Å². The van der Waals surface area contributed by atoms with Crippen molar-refractivity contribution >= 4 is 12.1 Å². The second kappa shape index (κ2) is 12.1. The summed E-state index contributed by atoms with van der Waals surface area (Å²) in [4.78, 5) is 20.5. The minimum Gasteiger partial charge on any atom is -0.444 e. The third kappa shape index (κ3) is 11.1. The van der Waals surface area contributed by atoms with Crippen molar-refractivity contribution in [3.63, 3.8) is 0 Å². The molecule has 0 fully saturated rings. The summed E-state index contributed by atoms with van der Waals surface area (Å²) < 4.78 is 5.31. The maximum atomic E-state index is 11.9. The number of hydrogen-bond donors (Lipinski definition) is 3. The maximum absolute atomic E-state index is 11.9. The molecule has 0 aliphatic heterocycles. The Labute approximate surface area is 163 Å². The number of guanidine groups is 1. The van der Waals surface area contributed by atoms with E-state index in [1.807, 2.05) is 39.0 Å². The van der Waals surface area contributed by atoms with E-state index in [1.54, 1.807) is 13.2 Å². The highest BCUT2D eigenvalue weighted by molar-refractivity contribution is 5.80. The summed E-state index contributed by atoms with van der Waals surface area (Å²) in [7, 11) is 1.74. The number of aromatic nitrogens is 1. The van der Waals surface area contributed by atoms with Crippen LogP contribution in [0.2, 0.25) is 0 Å². The zero-order valence-corrected chi connectivity index (χ0v) is 17.3. The number of nitrogens with zero attached hydrogens (tertiary/aromatic N) is 2. The molecule has 0 aliphatic rings. The van der Waals surface area contributed by atoms with Crippen molar-refractivity contribution in [3.8, 4) is 0 Å². The Kier molecular flexibility index (Phi) is 10.2. The van der Waals surface area contributed by atoms with Gasteiger partial charge in [-0.1, -0.05) is 25.8 Å². The predicted molar refractivity (Wildman–Crippen MR) is 110 cm³/mol. The van der Waals surface area contributed by atoms with Crippen LogP contribution in [-0.4, -0.2) is 48.8 Å². The SMILES string of the molecule is CCCCC(CNC(=O)OC(C)(C)C)NC(=NC)NCCc1ccccn1. The van der Waals surface area contributed by atoms with Crippen LogP contribution >= 0.6 is 0 Å². The summed E-state index contributed by atoms with van der Waals surface area (Å²) in [5, 5.41) is 9.54. The van der Waals surface area contributed by atoms with Gasteiger partial charge in [0.05, 0.1) is 0 Å². The zero-order chi connectivity index (χ0) is 20.1. The third-order valence-corrected chi connectivity index (χ3v) is 3.76. The fraction of sp³-hybridized carbons (Fsp3) is 0.650. The monoisotopic (exact) mass is 377 g/mol. The second-order valence-electron chi connectivity index (χ2n) is 7.44. The number of aliphatic imine (C=N–C) groups is 1. The van der Waals surface area contributed by atoms with Crippen LogP contribution in [-0.2, 0) is 11.2 Å². The minimum atomic E-state index is -0.501. The van der Waals surface area contributed by atoms with Crippen LogP contribution in [0.25, 0.3) is 0 Å². The third-order valence-electron chi connectivity index (χ3n) is 3.76. The van der Waals surface area contributed by atoms with Crippen molar-refractivity contribution < 1.29 is 9.53 Å². The zero-order valence-electron chi connectivity index (χ0n) is 17.3. The Morgan fingerprint density at radius 1 is 1.30 bits per heavy atom. The van der Waals surface area contributed by atoms with E-state index >= 15 is 0 Å². The number of nitrogens with one attached hydrogen (secondary N) is 3. The van der Waals surface area contributed by atoms with Gasteiger partial charge in [0.1, 0.15) is 5.60 Å². The molecule has 152 valence electrons. The van der Waals surface area contributed by atoms with Crippen LogP contribution in [0.5, 0.6) is 0 Å². The highest BCUT2D eigenvalue weighted by atomic mass is 16.6. The Morgan fingerprint density at radius 3 is 2.67 bits per heavy atom. The van der Waals surface area contributed by atoms with Gasteiger partial charge in [-0.25, -0.2) is 4.79 Å². The van der Waals surface area contributed by atoms with Crippen molar-refractivity contribution in [2.45, 2.75) is 65.0 Å². The van der Waals surface area contributed by atoms with Gasteiger partial charge in [0.25, 0.3) is 0 Å².